The van der Waals surface area contributed by atoms with Gasteiger partial charge in [0.15, 0.2) is 6.61 Å². The zero-order valence-corrected chi connectivity index (χ0v) is 17.1. The van der Waals surface area contributed by atoms with E-state index in [1.165, 1.54) is 12.1 Å². The lowest BCUT2D eigenvalue weighted by molar-refractivity contribution is -0.124. The van der Waals surface area contributed by atoms with Crippen LogP contribution in [0.5, 0.6) is 5.75 Å². The third kappa shape index (κ3) is 6.63. The molecule has 1 amide bonds. The van der Waals surface area contributed by atoms with Gasteiger partial charge in [0.05, 0.1) is 11.5 Å². The molecule has 2 aromatic rings. The summed E-state index contributed by atoms with van der Waals surface area (Å²) < 4.78 is 38.0. The minimum atomic E-state index is -3.65. The SMILES string of the molecule is COC[C@@H](C)NC(=O)COc1ccc(S(=O)(=O)NCc2ccccc2)cc1C. The molecule has 0 spiro atoms. The minimum absolute atomic E-state index is 0.120. The van der Waals surface area contributed by atoms with E-state index in [1.54, 1.807) is 20.1 Å². The summed E-state index contributed by atoms with van der Waals surface area (Å²) in [6.45, 7) is 4.02. The number of rotatable bonds is 10. The second kappa shape index (κ2) is 10.2. The normalized spacial score (nSPS) is 12.4. The van der Waals surface area contributed by atoms with E-state index in [0.29, 0.717) is 17.9 Å². The number of nitrogens with one attached hydrogen (secondary N) is 2. The molecule has 0 aliphatic carbocycles. The fourth-order valence-electron chi connectivity index (χ4n) is 2.56. The molecular formula is C20H26N2O5S. The fraction of sp³-hybridized carbons (Fsp3) is 0.350. The third-order valence-electron chi connectivity index (χ3n) is 3.95. The van der Waals surface area contributed by atoms with E-state index in [2.05, 4.69) is 10.0 Å². The van der Waals surface area contributed by atoms with E-state index in [1.807, 2.05) is 37.3 Å². The Labute approximate surface area is 166 Å². The molecule has 28 heavy (non-hydrogen) atoms. The van der Waals surface area contributed by atoms with Gasteiger partial charge in [0.2, 0.25) is 10.0 Å². The second-order valence-corrected chi connectivity index (χ2v) is 8.22. The Morgan fingerprint density at radius 2 is 1.86 bits per heavy atom. The molecule has 0 fully saturated rings. The number of carbonyl (C=O) groups excluding carboxylic acids is 1. The van der Waals surface area contributed by atoms with Crippen LogP contribution < -0.4 is 14.8 Å². The van der Waals surface area contributed by atoms with Gasteiger partial charge in [0, 0.05) is 19.7 Å². The smallest absolute Gasteiger partial charge is 0.258 e. The first-order valence-corrected chi connectivity index (χ1v) is 10.4. The molecule has 0 heterocycles. The maximum atomic E-state index is 12.5. The summed E-state index contributed by atoms with van der Waals surface area (Å²) in [5, 5.41) is 2.74. The summed E-state index contributed by atoms with van der Waals surface area (Å²) in [6.07, 6.45) is 0. The molecule has 2 rings (SSSR count). The number of benzene rings is 2. The molecule has 0 saturated carbocycles. The van der Waals surface area contributed by atoms with Crippen LogP contribution in [-0.2, 0) is 26.1 Å². The lowest BCUT2D eigenvalue weighted by Gasteiger charge is -2.14. The fourth-order valence-corrected chi connectivity index (χ4v) is 3.66. The maximum absolute atomic E-state index is 12.5. The Morgan fingerprint density at radius 3 is 2.50 bits per heavy atom. The molecule has 2 N–H and O–H groups in total. The minimum Gasteiger partial charge on any atom is -0.484 e. The van der Waals surface area contributed by atoms with Gasteiger partial charge < -0.3 is 14.8 Å². The largest absolute Gasteiger partial charge is 0.484 e. The predicted octanol–water partition coefficient (Wildman–Crippen LogP) is 2.00. The zero-order valence-electron chi connectivity index (χ0n) is 16.3. The Morgan fingerprint density at radius 1 is 1.14 bits per heavy atom. The summed E-state index contributed by atoms with van der Waals surface area (Å²) in [5.74, 6) is 0.182. The lowest BCUT2D eigenvalue weighted by atomic mass is 10.2. The molecule has 0 radical (unpaired) electrons. The number of hydrogen-bond acceptors (Lipinski definition) is 5. The van der Waals surface area contributed by atoms with Gasteiger partial charge >= 0.3 is 0 Å². The molecule has 7 nitrogen and oxygen atoms in total. The van der Waals surface area contributed by atoms with Crippen molar-refractivity contribution in [2.75, 3.05) is 20.3 Å². The molecule has 0 aliphatic heterocycles. The van der Waals surface area contributed by atoms with E-state index in [4.69, 9.17) is 9.47 Å². The van der Waals surface area contributed by atoms with Crippen LogP contribution in [0.4, 0.5) is 0 Å². The van der Waals surface area contributed by atoms with Gasteiger partial charge in [-0.15, -0.1) is 0 Å². The highest BCUT2D eigenvalue weighted by atomic mass is 32.2. The summed E-state index contributed by atoms with van der Waals surface area (Å²) in [7, 11) is -2.09. The van der Waals surface area contributed by atoms with Crippen molar-refractivity contribution in [1.29, 1.82) is 0 Å². The van der Waals surface area contributed by atoms with Crippen LogP contribution in [-0.4, -0.2) is 40.7 Å². The summed E-state index contributed by atoms with van der Waals surface area (Å²) in [4.78, 5) is 12.0. The van der Waals surface area contributed by atoms with E-state index in [-0.39, 0.29) is 30.0 Å². The molecule has 0 saturated heterocycles. The number of methoxy groups -OCH3 is 1. The Hall–Kier alpha value is -2.42. The summed E-state index contributed by atoms with van der Waals surface area (Å²) >= 11 is 0. The number of amides is 1. The lowest BCUT2D eigenvalue weighted by Crippen LogP contribution is -2.38. The van der Waals surface area contributed by atoms with E-state index < -0.39 is 10.0 Å². The van der Waals surface area contributed by atoms with Crippen LogP contribution in [0.2, 0.25) is 0 Å². The van der Waals surface area contributed by atoms with Crippen LogP contribution >= 0.6 is 0 Å². The average molecular weight is 407 g/mol. The molecule has 152 valence electrons. The van der Waals surface area contributed by atoms with Crippen LogP contribution in [0.15, 0.2) is 53.4 Å². The quantitative estimate of drug-likeness (QED) is 0.629. The first-order valence-electron chi connectivity index (χ1n) is 8.87. The van der Waals surface area contributed by atoms with E-state index in [0.717, 1.165) is 5.56 Å². The van der Waals surface area contributed by atoms with Crippen molar-refractivity contribution in [3.05, 3.63) is 59.7 Å². The molecular weight excluding hydrogens is 380 g/mol. The molecule has 2 aromatic carbocycles. The van der Waals surface area contributed by atoms with Crippen LogP contribution in [0.3, 0.4) is 0 Å². The van der Waals surface area contributed by atoms with Gasteiger partial charge in [-0.1, -0.05) is 30.3 Å². The maximum Gasteiger partial charge on any atom is 0.258 e. The van der Waals surface area contributed by atoms with Crippen molar-refractivity contribution in [2.45, 2.75) is 31.3 Å². The van der Waals surface area contributed by atoms with Gasteiger partial charge in [0.25, 0.3) is 5.91 Å². The van der Waals surface area contributed by atoms with Crippen LogP contribution in [0.1, 0.15) is 18.1 Å². The summed E-state index contributed by atoms with van der Waals surface area (Å²) in [5.41, 5.74) is 1.50. The molecule has 8 heteroatoms. The van der Waals surface area contributed by atoms with Gasteiger partial charge in [0.1, 0.15) is 5.75 Å². The van der Waals surface area contributed by atoms with Crippen LogP contribution in [0, 0.1) is 6.92 Å². The first-order chi connectivity index (χ1) is 13.3. The molecule has 0 bridgehead atoms. The van der Waals surface area contributed by atoms with Crippen molar-refractivity contribution < 1.29 is 22.7 Å². The Kier molecular flexibility index (Phi) is 7.98. The van der Waals surface area contributed by atoms with Crippen molar-refractivity contribution >= 4 is 15.9 Å². The predicted molar refractivity (Wildman–Crippen MR) is 107 cm³/mol. The number of carbonyl (C=O) groups is 1. The van der Waals surface area contributed by atoms with Crippen molar-refractivity contribution in [2.24, 2.45) is 0 Å². The zero-order chi connectivity index (χ0) is 20.6. The molecule has 0 unspecified atom stereocenters. The number of ether oxygens (including phenoxy) is 2. The Balaban J connectivity index is 1.96. The molecule has 1 atom stereocenters. The van der Waals surface area contributed by atoms with Crippen molar-refractivity contribution in [3.8, 4) is 5.75 Å². The molecule has 0 aromatic heterocycles. The molecule has 0 aliphatic rings. The average Bonchev–Trinajstić information content (AvgIpc) is 2.66. The monoisotopic (exact) mass is 406 g/mol. The highest BCUT2D eigenvalue weighted by Crippen LogP contribution is 2.22. The van der Waals surface area contributed by atoms with Gasteiger partial charge in [-0.2, -0.15) is 0 Å². The number of sulfonamides is 1. The topological polar surface area (TPSA) is 93.7 Å². The first kappa shape index (κ1) is 21.9. The van der Waals surface area contributed by atoms with Crippen molar-refractivity contribution in [3.63, 3.8) is 0 Å². The van der Waals surface area contributed by atoms with Gasteiger partial charge in [-0.05, 0) is 43.2 Å². The van der Waals surface area contributed by atoms with Gasteiger partial charge in [-0.25, -0.2) is 13.1 Å². The number of hydrogen-bond donors (Lipinski definition) is 2. The third-order valence-corrected chi connectivity index (χ3v) is 5.35. The van der Waals surface area contributed by atoms with Crippen molar-refractivity contribution in [1.82, 2.24) is 10.0 Å². The van der Waals surface area contributed by atoms with E-state index in [9.17, 15) is 13.2 Å². The Bertz CT molecular complexity index is 885. The standard InChI is InChI=1S/C20H26N2O5S/c1-15-11-18(28(24,25)21-12-17-7-5-4-6-8-17)9-10-19(15)27-14-20(23)22-16(2)13-26-3/h4-11,16,21H,12-14H2,1-3H3,(H,22,23)/t16-/m1/s1. The summed E-state index contributed by atoms with van der Waals surface area (Å²) in [6, 6.07) is 13.7. The number of aryl methyl sites for hydroxylation is 1. The highest BCUT2D eigenvalue weighted by Gasteiger charge is 2.16. The highest BCUT2D eigenvalue weighted by molar-refractivity contribution is 7.89. The van der Waals surface area contributed by atoms with Gasteiger partial charge in [-0.3, -0.25) is 4.79 Å². The van der Waals surface area contributed by atoms with E-state index >= 15 is 0 Å². The second-order valence-electron chi connectivity index (χ2n) is 6.45. The van der Waals surface area contributed by atoms with Crippen LogP contribution in [0.25, 0.3) is 0 Å².